The second-order valence-electron chi connectivity index (χ2n) is 10.0. The van der Waals surface area contributed by atoms with Gasteiger partial charge in [-0.15, -0.1) is 0 Å². The van der Waals surface area contributed by atoms with E-state index in [1.807, 2.05) is 6.07 Å². The van der Waals surface area contributed by atoms with E-state index < -0.39 is 0 Å². The molecule has 0 spiro atoms. The Kier molecular flexibility index (Phi) is 10.2. The number of para-hydroxylation sites is 2. The summed E-state index contributed by atoms with van der Waals surface area (Å²) in [6, 6.07) is 23.8. The van der Waals surface area contributed by atoms with Crippen LogP contribution >= 0.6 is 11.6 Å². The number of ether oxygens (including phenoxy) is 1. The maximum absolute atomic E-state index is 12.3. The van der Waals surface area contributed by atoms with E-state index in [0.717, 1.165) is 62.2 Å². The summed E-state index contributed by atoms with van der Waals surface area (Å²) in [5.74, 6) is 2.53. The lowest BCUT2D eigenvalue weighted by Gasteiger charge is -2.11. The summed E-state index contributed by atoms with van der Waals surface area (Å²) in [6.45, 7) is 6.70. The van der Waals surface area contributed by atoms with Crippen molar-refractivity contribution in [3.8, 4) is 5.75 Å². The molecule has 0 atom stereocenters. The predicted octanol–water partition coefficient (Wildman–Crippen LogP) is 7.82. The molecule has 0 saturated carbocycles. The number of rotatable bonds is 14. The molecule has 6 heteroatoms. The van der Waals surface area contributed by atoms with Crippen LogP contribution in [0, 0.1) is 0 Å². The third kappa shape index (κ3) is 7.84. The van der Waals surface area contributed by atoms with E-state index in [9.17, 15) is 4.79 Å². The molecule has 200 valence electrons. The van der Waals surface area contributed by atoms with Gasteiger partial charge >= 0.3 is 0 Å². The van der Waals surface area contributed by atoms with Crippen molar-refractivity contribution in [2.45, 2.75) is 64.8 Å². The largest absolute Gasteiger partial charge is 0.494 e. The SMILES string of the molecule is CC(C)c1ccc(OCCCCn2c(CCCCCNC(=O)c3cccc(Cl)c3)nc3ccccc32)cc1. The molecular formula is C32H38ClN3O2. The molecule has 1 heterocycles. The van der Waals surface area contributed by atoms with Gasteiger partial charge in [0.05, 0.1) is 17.6 Å². The van der Waals surface area contributed by atoms with Crippen molar-refractivity contribution < 1.29 is 9.53 Å². The number of hydrogen-bond donors (Lipinski definition) is 1. The number of carbonyl (C=O) groups is 1. The Balaban J connectivity index is 1.21. The average Bonchev–Trinajstić information content (AvgIpc) is 3.27. The maximum Gasteiger partial charge on any atom is 0.251 e. The smallest absolute Gasteiger partial charge is 0.251 e. The topological polar surface area (TPSA) is 56.1 Å². The Labute approximate surface area is 231 Å². The molecular weight excluding hydrogens is 494 g/mol. The highest BCUT2D eigenvalue weighted by Gasteiger charge is 2.10. The van der Waals surface area contributed by atoms with Gasteiger partial charge in [0, 0.05) is 30.1 Å². The number of imidazole rings is 1. The molecule has 1 amide bonds. The number of benzene rings is 3. The number of aromatic nitrogens is 2. The van der Waals surface area contributed by atoms with E-state index in [2.05, 4.69) is 66.2 Å². The monoisotopic (exact) mass is 531 g/mol. The lowest BCUT2D eigenvalue weighted by atomic mass is 10.0. The van der Waals surface area contributed by atoms with Crippen LogP contribution in [-0.2, 0) is 13.0 Å². The lowest BCUT2D eigenvalue weighted by Crippen LogP contribution is -2.24. The minimum atomic E-state index is -0.0779. The van der Waals surface area contributed by atoms with Gasteiger partial charge in [-0.1, -0.05) is 62.2 Å². The minimum Gasteiger partial charge on any atom is -0.494 e. The number of carbonyl (C=O) groups excluding carboxylic acids is 1. The average molecular weight is 532 g/mol. The number of hydrogen-bond acceptors (Lipinski definition) is 3. The van der Waals surface area contributed by atoms with Crippen LogP contribution in [0.15, 0.2) is 72.8 Å². The number of amides is 1. The molecule has 3 aromatic carbocycles. The number of unbranched alkanes of at least 4 members (excludes halogenated alkanes) is 3. The molecule has 5 nitrogen and oxygen atoms in total. The van der Waals surface area contributed by atoms with Crippen molar-refractivity contribution in [2.75, 3.05) is 13.2 Å². The zero-order chi connectivity index (χ0) is 26.7. The van der Waals surface area contributed by atoms with Crippen molar-refractivity contribution >= 4 is 28.5 Å². The number of halogens is 1. The highest BCUT2D eigenvalue weighted by molar-refractivity contribution is 6.30. The first-order valence-corrected chi connectivity index (χ1v) is 14.1. The summed E-state index contributed by atoms with van der Waals surface area (Å²) >= 11 is 5.98. The van der Waals surface area contributed by atoms with Crippen molar-refractivity contribution in [1.29, 1.82) is 0 Å². The molecule has 0 bridgehead atoms. The summed E-state index contributed by atoms with van der Waals surface area (Å²) in [5.41, 5.74) is 4.18. The van der Waals surface area contributed by atoms with Crippen LogP contribution in [-0.4, -0.2) is 28.6 Å². The highest BCUT2D eigenvalue weighted by atomic mass is 35.5. The summed E-state index contributed by atoms with van der Waals surface area (Å²) in [6.07, 6.45) is 5.95. The van der Waals surface area contributed by atoms with Crippen LogP contribution in [0.1, 0.15) is 73.6 Å². The number of nitrogens with one attached hydrogen (secondary N) is 1. The van der Waals surface area contributed by atoms with Crippen LogP contribution in [0.25, 0.3) is 11.0 Å². The minimum absolute atomic E-state index is 0.0779. The maximum atomic E-state index is 12.3. The number of fused-ring (bicyclic) bond motifs is 1. The Bertz CT molecular complexity index is 1310. The van der Waals surface area contributed by atoms with Gasteiger partial charge in [-0.3, -0.25) is 4.79 Å². The van der Waals surface area contributed by atoms with Gasteiger partial charge < -0.3 is 14.6 Å². The normalized spacial score (nSPS) is 11.3. The summed E-state index contributed by atoms with van der Waals surface area (Å²) < 4.78 is 8.34. The third-order valence-corrected chi connectivity index (χ3v) is 7.01. The summed E-state index contributed by atoms with van der Waals surface area (Å²) in [7, 11) is 0. The number of nitrogens with zero attached hydrogens (tertiary/aromatic N) is 2. The Morgan fingerprint density at radius 1 is 0.947 bits per heavy atom. The van der Waals surface area contributed by atoms with E-state index in [4.69, 9.17) is 21.3 Å². The van der Waals surface area contributed by atoms with Gasteiger partial charge in [-0.05, 0) is 79.6 Å². The van der Waals surface area contributed by atoms with E-state index in [1.165, 1.54) is 11.1 Å². The molecule has 4 aromatic rings. The van der Waals surface area contributed by atoms with E-state index in [0.29, 0.717) is 29.7 Å². The fraction of sp³-hybridized carbons (Fsp3) is 0.375. The lowest BCUT2D eigenvalue weighted by molar-refractivity contribution is 0.0953. The molecule has 0 unspecified atom stereocenters. The zero-order valence-corrected chi connectivity index (χ0v) is 23.2. The molecule has 0 aliphatic rings. The zero-order valence-electron chi connectivity index (χ0n) is 22.5. The summed E-state index contributed by atoms with van der Waals surface area (Å²) in [5, 5.41) is 3.56. The fourth-order valence-electron chi connectivity index (χ4n) is 4.60. The van der Waals surface area contributed by atoms with E-state index >= 15 is 0 Å². The first-order valence-electron chi connectivity index (χ1n) is 13.7. The van der Waals surface area contributed by atoms with Crippen molar-refractivity contribution in [3.63, 3.8) is 0 Å². The standard InChI is InChI=1S/C32H38ClN3O2/c1-24(2)25-16-18-28(19-17-25)38-22-9-8-21-36-30-14-6-5-13-29(30)35-31(36)15-4-3-7-20-34-32(37)26-11-10-12-27(33)23-26/h5-6,10-14,16-19,23-24H,3-4,7-9,15,20-22H2,1-2H3,(H,34,37). The first-order chi connectivity index (χ1) is 18.5. The van der Waals surface area contributed by atoms with Gasteiger partial charge in [0.2, 0.25) is 0 Å². The highest BCUT2D eigenvalue weighted by Crippen LogP contribution is 2.20. The number of aryl methyl sites for hydroxylation is 2. The van der Waals surface area contributed by atoms with Gasteiger partial charge in [-0.25, -0.2) is 4.98 Å². The molecule has 0 aliphatic carbocycles. The third-order valence-electron chi connectivity index (χ3n) is 6.77. The van der Waals surface area contributed by atoms with Gasteiger partial charge in [0.1, 0.15) is 11.6 Å². The van der Waals surface area contributed by atoms with Crippen molar-refractivity contribution in [3.05, 3.63) is 94.8 Å². The molecule has 0 radical (unpaired) electrons. The van der Waals surface area contributed by atoms with Crippen LogP contribution < -0.4 is 10.1 Å². The molecule has 4 rings (SSSR count). The van der Waals surface area contributed by atoms with Gasteiger partial charge in [-0.2, -0.15) is 0 Å². The Hall–Kier alpha value is -3.31. The molecule has 0 fully saturated rings. The quantitative estimate of drug-likeness (QED) is 0.169. The van der Waals surface area contributed by atoms with E-state index in [1.54, 1.807) is 24.3 Å². The first kappa shape index (κ1) is 27.7. The van der Waals surface area contributed by atoms with Crippen molar-refractivity contribution in [1.82, 2.24) is 14.9 Å². The van der Waals surface area contributed by atoms with Crippen LogP contribution in [0.2, 0.25) is 5.02 Å². The van der Waals surface area contributed by atoms with Crippen molar-refractivity contribution in [2.24, 2.45) is 0 Å². The molecule has 1 aromatic heterocycles. The Morgan fingerprint density at radius 2 is 1.76 bits per heavy atom. The second-order valence-corrected chi connectivity index (χ2v) is 10.5. The summed E-state index contributed by atoms with van der Waals surface area (Å²) in [4.78, 5) is 17.2. The van der Waals surface area contributed by atoms with Crippen LogP contribution in [0.5, 0.6) is 5.75 Å². The molecule has 0 aliphatic heterocycles. The molecule has 1 N–H and O–H groups in total. The second kappa shape index (κ2) is 14.0. The predicted molar refractivity (Wildman–Crippen MR) is 156 cm³/mol. The van der Waals surface area contributed by atoms with Gasteiger partial charge in [0.25, 0.3) is 5.91 Å². The Morgan fingerprint density at radius 3 is 2.55 bits per heavy atom. The fourth-order valence-corrected chi connectivity index (χ4v) is 4.79. The van der Waals surface area contributed by atoms with Gasteiger partial charge in [0.15, 0.2) is 0 Å². The molecule has 38 heavy (non-hydrogen) atoms. The van der Waals surface area contributed by atoms with Crippen LogP contribution in [0.4, 0.5) is 0 Å². The van der Waals surface area contributed by atoms with Crippen LogP contribution in [0.3, 0.4) is 0 Å². The van der Waals surface area contributed by atoms with E-state index in [-0.39, 0.29) is 5.91 Å². The molecule has 0 saturated heterocycles.